The zero-order valence-electron chi connectivity index (χ0n) is 19.3. The van der Waals surface area contributed by atoms with Gasteiger partial charge < -0.3 is 0 Å². The van der Waals surface area contributed by atoms with Crippen molar-refractivity contribution in [3.63, 3.8) is 0 Å². The fourth-order valence-corrected chi connectivity index (χ4v) is 5.01. The lowest BCUT2D eigenvalue weighted by atomic mass is 9.81. The highest BCUT2D eigenvalue weighted by Gasteiger charge is 2.32. The maximum absolute atomic E-state index is 2.47. The zero-order chi connectivity index (χ0) is 21.0. The standard InChI is InChI=1S/C29H36/c1-19-21(18-28(2,3)4)12-14-24(19)26-17-22-16-23(29(5,6)7)13-15-25(22)27(26)20-10-8-9-11-20/h8-10,12-16,19H,11,17-18H2,1-7H3. The van der Waals surface area contributed by atoms with E-state index in [0.717, 1.165) is 12.8 Å². The number of hydrogen-bond acceptors (Lipinski definition) is 0. The van der Waals surface area contributed by atoms with Gasteiger partial charge in [0.2, 0.25) is 0 Å². The van der Waals surface area contributed by atoms with Gasteiger partial charge in [-0.3, -0.25) is 0 Å². The minimum absolute atomic E-state index is 0.188. The molecule has 0 N–H and O–H groups in total. The Bertz CT molecular complexity index is 987. The molecule has 0 nitrogen and oxygen atoms in total. The minimum Gasteiger partial charge on any atom is -0.0801 e. The molecule has 0 spiro atoms. The summed E-state index contributed by atoms with van der Waals surface area (Å²) in [7, 11) is 0. The summed E-state index contributed by atoms with van der Waals surface area (Å²) in [5.41, 5.74) is 12.6. The first-order chi connectivity index (χ1) is 13.5. The second kappa shape index (κ2) is 7.01. The van der Waals surface area contributed by atoms with Gasteiger partial charge in [-0.1, -0.05) is 103 Å². The zero-order valence-corrected chi connectivity index (χ0v) is 19.3. The van der Waals surface area contributed by atoms with Crippen LogP contribution in [0.5, 0.6) is 0 Å². The molecule has 1 aromatic carbocycles. The average Bonchev–Trinajstić information content (AvgIpc) is 3.31. The molecule has 0 bridgehead atoms. The molecular formula is C29H36. The Morgan fingerprint density at radius 2 is 1.72 bits per heavy atom. The number of fused-ring (bicyclic) bond motifs is 1. The van der Waals surface area contributed by atoms with Crippen LogP contribution < -0.4 is 0 Å². The van der Waals surface area contributed by atoms with Crippen LogP contribution >= 0.6 is 0 Å². The summed E-state index contributed by atoms with van der Waals surface area (Å²) in [4.78, 5) is 0. The van der Waals surface area contributed by atoms with E-state index < -0.39 is 0 Å². The van der Waals surface area contributed by atoms with Crippen LogP contribution in [-0.2, 0) is 11.8 Å². The predicted octanol–water partition coefficient (Wildman–Crippen LogP) is 8.12. The number of allylic oxidation sites excluding steroid dienone is 10. The smallest absolute Gasteiger partial charge is 0.00262 e. The van der Waals surface area contributed by atoms with Crippen LogP contribution in [0.2, 0.25) is 0 Å². The van der Waals surface area contributed by atoms with Gasteiger partial charge in [0.15, 0.2) is 0 Å². The van der Waals surface area contributed by atoms with E-state index in [0.29, 0.717) is 11.3 Å². The molecule has 1 aromatic rings. The molecule has 0 aliphatic heterocycles. The van der Waals surface area contributed by atoms with Crippen LogP contribution in [0.4, 0.5) is 0 Å². The van der Waals surface area contributed by atoms with Gasteiger partial charge in [-0.15, -0.1) is 0 Å². The van der Waals surface area contributed by atoms with Crippen LogP contribution in [0, 0.1) is 11.3 Å². The molecule has 4 rings (SSSR count). The summed E-state index contributed by atoms with van der Waals surface area (Å²) >= 11 is 0. The van der Waals surface area contributed by atoms with Crippen molar-refractivity contribution in [1.29, 1.82) is 0 Å². The van der Waals surface area contributed by atoms with Crippen molar-refractivity contribution in [1.82, 2.24) is 0 Å². The Hall–Kier alpha value is -2.08. The van der Waals surface area contributed by atoms with Crippen molar-refractivity contribution in [3.8, 4) is 0 Å². The minimum atomic E-state index is 0.188. The van der Waals surface area contributed by atoms with Gasteiger partial charge in [0, 0.05) is 5.92 Å². The molecule has 0 aromatic heterocycles. The summed E-state index contributed by atoms with van der Waals surface area (Å²) in [5, 5.41) is 0. The lowest BCUT2D eigenvalue weighted by molar-refractivity contribution is 0.398. The second-order valence-electron chi connectivity index (χ2n) is 11.3. The van der Waals surface area contributed by atoms with Crippen LogP contribution in [0.25, 0.3) is 5.57 Å². The van der Waals surface area contributed by atoms with E-state index >= 15 is 0 Å². The second-order valence-corrected chi connectivity index (χ2v) is 11.3. The highest BCUT2D eigenvalue weighted by molar-refractivity contribution is 5.91. The van der Waals surface area contributed by atoms with Gasteiger partial charge in [0.05, 0.1) is 0 Å². The molecule has 0 heteroatoms. The first-order valence-corrected chi connectivity index (χ1v) is 11.2. The summed E-state index contributed by atoms with van der Waals surface area (Å²) in [5.74, 6) is 0.519. The average molecular weight is 385 g/mol. The summed E-state index contributed by atoms with van der Waals surface area (Å²) in [6.45, 7) is 16.4. The topological polar surface area (TPSA) is 0 Å². The third-order valence-corrected chi connectivity index (χ3v) is 6.58. The summed E-state index contributed by atoms with van der Waals surface area (Å²) in [6.07, 6.45) is 15.0. The quantitative estimate of drug-likeness (QED) is 0.493. The molecule has 29 heavy (non-hydrogen) atoms. The monoisotopic (exact) mass is 384 g/mol. The third kappa shape index (κ3) is 3.87. The van der Waals surface area contributed by atoms with Crippen LogP contribution in [0.3, 0.4) is 0 Å². The first-order valence-electron chi connectivity index (χ1n) is 11.2. The van der Waals surface area contributed by atoms with Crippen LogP contribution in [0.1, 0.15) is 78.0 Å². The molecule has 0 saturated carbocycles. The molecule has 3 aliphatic rings. The molecule has 152 valence electrons. The van der Waals surface area contributed by atoms with E-state index in [-0.39, 0.29) is 5.41 Å². The lowest BCUT2D eigenvalue weighted by Crippen LogP contribution is -2.11. The SMILES string of the molecule is CC1C(CC(C)(C)C)=CC=C1C1=C(C2=CC=CC2)c2ccc(C(C)(C)C)cc2C1. The van der Waals surface area contributed by atoms with Gasteiger partial charge in [-0.25, -0.2) is 0 Å². The van der Waals surface area contributed by atoms with E-state index in [1.165, 1.54) is 34.3 Å². The van der Waals surface area contributed by atoms with E-state index in [4.69, 9.17) is 0 Å². The van der Waals surface area contributed by atoms with Crippen LogP contribution in [-0.4, -0.2) is 0 Å². The van der Waals surface area contributed by atoms with E-state index in [2.05, 4.69) is 97.0 Å². The third-order valence-electron chi connectivity index (χ3n) is 6.58. The summed E-state index contributed by atoms with van der Waals surface area (Å²) in [6, 6.07) is 7.20. The first kappa shape index (κ1) is 20.2. The Balaban J connectivity index is 1.73. The Kier molecular flexibility index (Phi) is 4.88. The molecule has 1 unspecified atom stereocenters. The highest BCUT2D eigenvalue weighted by Crippen LogP contribution is 2.48. The van der Waals surface area contributed by atoms with Crippen molar-refractivity contribution in [2.75, 3.05) is 0 Å². The highest BCUT2D eigenvalue weighted by atomic mass is 14.4. The molecule has 0 heterocycles. The number of benzene rings is 1. The number of hydrogen-bond donors (Lipinski definition) is 0. The van der Waals surface area contributed by atoms with Crippen molar-refractivity contribution < 1.29 is 0 Å². The van der Waals surface area contributed by atoms with Crippen molar-refractivity contribution in [2.45, 2.75) is 73.1 Å². The lowest BCUT2D eigenvalue weighted by Gasteiger charge is -2.24. The van der Waals surface area contributed by atoms with E-state index in [1.807, 2.05) is 0 Å². The molecule has 0 fully saturated rings. The van der Waals surface area contributed by atoms with Gasteiger partial charge in [0.1, 0.15) is 0 Å². The normalized spacial score (nSPS) is 21.5. The molecular weight excluding hydrogens is 348 g/mol. The van der Waals surface area contributed by atoms with Gasteiger partial charge in [-0.05, 0) is 69.1 Å². The molecule has 1 atom stereocenters. The van der Waals surface area contributed by atoms with Crippen molar-refractivity contribution >= 4 is 5.57 Å². The number of rotatable bonds is 3. The Morgan fingerprint density at radius 3 is 2.34 bits per heavy atom. The van der Waals surface area contributed by atoms with Crippen molar-refractivity contribution in [2.24, 2.45) is 11.3 Å². The fraction of sp³-hybridized carbons (Fsp3) is 0.448. The molecule has 3 aliphatic carbocycles. The Morgan fingerprint density at radius 1 is 0.966 bits per heavy atom. The van der Waals surface area contributed by atoms with E-state index in [9.17, 15) is 0 Å². The fourth-order valence-electron chi connectivity index (χ4n) is 5.01. The molecule has 0 saturated heterocycles. The van der Waals surface area contributed by atoms with Gasteiger partial charge >= 0.3 is 0 Å². The maximum Gasteiger partial charge on any atom is 0.00262 e. The van der Waals surface area contributed by atoms with E-state index in [1.54, 1.807) is 16.7 Å². The van der Waals surface area contributed by atoms with Crippen LogP contribution in [0.15, 0.2) is 70.9 Å². The van der Waals surface area contributed by atoms with Gasteiger partial charge in [-0.2, -0.15) is 0 Å². The summed E-state index contributed by atoms with van der Waals surface area (Å²) < 4.78 is 0. The largest absolute Gasteiger partial charge is 0.0801 e. The molecule has 0 amide bonds. The maximum atomic E-state index is 2.47. The Labute approximate surface area is 177 Å². The molecule has 0 radical (unpaired) electrons. The van der Waals surface area contributed by atoms with Gasteiger partial charge in [0.25, 0.3) is 0 Å². The van der Waals surface area contributed by atoms with Crippen molar-refractivity contribution in [3.05, 3.63) is 87.6 Å². The predicted molar refractivity (Wildman–Crippen MR) is 127 cm³/mol.